The van der Waals surface area contributed by atoms with Crippen molar-refractivity contribution in [2.75, 3.05) is 26.2 Å². The maximum absolute atomic E-state index is 13.9. The smallest absolute Gasteiger partial charge is 0.387 e. The van der Waals surface area contributed by atoms with Gasteiger partial charge in [-0.05, 0) is 92.1 Å². The van der Waals surface area contributed by atoms with Gasteiger partial charge < -0.3 is 24.2 Å². The maximum atomic E-state index is 13.9. The molecule has 4 heterocycles. The summed E-state index contributed by atoms with van der Waals surface area (Å²) >= 11 is 12.8. The molecular weight excluding hydrogens is 807 g/mol. The molecule has 1 saturated carbocycles. The molecule has 3 aromatic carbocycles. The second kappa shape index (κ2) is 17.5. The van der Waals surface area contributed by atoms with Crippen molar-refractivity contribution in [1.82, 2.24) is 9.62 Å². The predicted octanol–water partition coefficient (Wildman–Crippen LogP) is 6.81. The van der Waals surface area contributed by atoms with Gasteiger partial charge in [0.15, 0.2) is 23.9 Å². The number of alkyl halides is 2. The Kier molecular flexibility index (Phi) is 12.5. The Balaban J connectivity index is 1.15. The van der Waals surface area contributed by atoms with E-state index >= 15 is 0 Å². The number of piperidine rings is 3. The van der Waals surface area contributed by atoms with Crippen molar-refractivity contribution >= 4 is 45.2 Å². The number of esters is 2. The van der Waals surface area contributed by atoms with Gasteiger partial charge in [-0.1, -0.05) is 65.7 Å². The molecule has 302 valence electrons. The molecule has 17 heteroatoms. The second-order valence-electron chi connectivity index (χ2n) is 14.3. The SMILES string of the molecule is O=C(O[C@@H](Cc1c(Cl)c[n+]([O-])cc1Cl)c1ccc(OC(F)F)c(OCC2CC2)c1)c1cccc(S(=O)(=O)NC(C(=O)O[C@H]2CN3CCC2CC3)c2ccccc2)c1. The van der Waals surface area contributed by atoms with Crippen molar-refractivity contribution in [2.24, 2.45) is 11.8 Å². The van der Waals surface area contributed by atoms with Crippen LogP contribution >= 0.6 is 23.2 Å². The molecule has 1 aliphatic carbocycles. The lowest BCUT2D eigenvalue weighted by Crippen LogP contribution is -2.52. The summed E-state index contributed by atoms with van der Waals surface area (Å²) in [5, 5.41) is 11.9. The van der Waals surface area contributed by atoms with Crippen LogP contribution in [0.3, 0.4) is 0 Å². The van der Waals surface area contributed by atoms with Crippen LogP contribution in [0.5, 0.6) is 11.5 Å². The number of aromatic nitrogens is 1. The van der Waals surface area contributed by atoms with Crippen molar-refractivity contribution in [1.29, 1.82) is 0 Å². The van der Waals surface area contributed by atoms with Gasteiger partial charge in [-0.25, -0.2) is 18.0 Å². The normalized spacial score (nSPS) is 20.1. The van der Waals surface area contributed by atoms with Crippen LogP contribution in [0, 0.1) is 17.0 Å². The molecule has 0 radical (unpaired) electrons. The van der Waals surface area contributed by atoms with Crippen molar-refractivity contribution in [3.63, 3.8) is 0 Å². The topological polar surface area (TPSA) is 147 Å². The van der Waals surface area contributed by atoms with Gasteiger partial charge in [-0.15, -0.1) is 0 Å². The van der Waals surface area contributed by atoms with E-state index in [1.54, 1.807) is 30.3 Å². The van der Waals surface area contributed by atoms with Gasteiger partial charge in [-0.3, -0.25) is 4.90 Å². The molecule has 0 amide bonds. The highest BCUT2D eigenvalue weighted by Crippen LogP contribution is 2.38. The lowest BCUT2D eigenvalue weighted by Gasteiger charge is -2.44. The monoisotopic (exact) mass is 845 g/mol. The van der Waals surface area contributed by atoms with E-state index in [-0.39, 0.29) is 74.1 Å². The van der Waals surface area contributed by atoms with E-state index in [4.69, 9.17) is 37.4 Å². The summed E-state index contributed by atoms with van der Waals surface area (Å²) in [6.45, 7) is -0.434. The number of rotatable bonds is 16. The fraction of sp³-hybridized carbons (Fsp3) is 0.375. The van der Waals surface area contributed by atoms with E-state index in [1.807, 2.05) is 0 Å². The Morgan fingerprint density at radius 1 is 0.912 bits per heavy atom. The first-order chi connectivity index (χ1) is 27.3. The molecule has 3 aliphatic heterocycles. The van der Waals surface area contributed by atoms with Crippen LogP contribution in [0.4, 0.5) is 8.78 Å². The zero-order valence-electron chi connectivity index (χ0n) is 30.4. The van der Waals surface area contributed by atoms with E-state index in [9.17, 15) is 32.0 Å². The Hall–Kier alpha value is -4.54. The van der Waals surface area contributed by atoms with E-state index in [0.29, 0.717) is 16.8 Å². The van der Waals surface area contributed by atoms with Gasteiger partial charge in [0.2, 0.25) is 10.0 Å². The second-order valence-corrected chi connectivity index (χ2v) is 16.9. The summed E-state index contributed by atoms with van der Waals surface area (Å²) in [5.41, 5.74) is 0.727. The Morgan fingerprint density at radius 3 is 2.28 bits per heavy atom. The molecule has 1 unspecified atom stereocenters. The number of hydrogen-bond acceptors (Lipinski definition) is 10. The Bertz CT molecular complexity index is 2180. The van der Waals surface area contributed by atoms with Gasteiger partial charge in [-0.2, -0.15) is 18.2 Å². The van der Waals surface area contributed by atoms with Crippen LogP contribution in [0.2, 0.25) is 10.0 Å². The minimum Gasteiger partial charge on any atom is -0.619 e. The average Bonchev–Trinajstić information content (AvgIpc) is 4.03. The molecule has 3 atom stereocenters. The highest BCUT2D eigenvalue weighted by atomic mass is 35.5. The first kappa shape index (κ1) is 40.6. The first-order valence-corrected chi connectivity index (χ1v) is 20.7. The van der Waals surface area contributed by atoms with Crippen LogP contribution in [0.1, 0.15) is 64.9 Å². The number of fused-ring (bicyclic) bond motifs is 3. The largest absolute Gasteiger partial charge is 0.619 e. The van der Waals surface area contributed by atoms with Crippen molar-refractivity contribution < 1.29 is 50.5 Å². The molecule has 4 aromatic rings. The van der Waals surface area contributed by atoms with Gasteiger partial charge in [0.1, 0.15) is 28.3 Å². The molecule has 1 N–H and O–H groups in total. The standard InChI is InChI=1S/C40H39Cl2F2N3O9S/c41-31-20-47(50)21-32(42)30(31)19-34(27-11-12-33(56-40(43)44)35(18-27)53-23-24-9-10-24)54-38(48)28-7-4-8-29(17-28)57(51,52)45-37(26-5-2-1-3-6-26)39(49)55-36-22-46-15-13-25(36)14-16-46/h1-8,11-12,17-18,20-21,24-25,34,36-37,40,45H,9-10,13-16,19,22-23H2/t34-,36-,37?/m0/s1. The number of pyridine rings is 1. The van der Waals surface area contributed by atoms with Crippen LogP contribution in [-0.2, 0) is 30.7 Å². The van der Waals surface area contributed by atoms with Crippen LogP contribution < -0.4 is 18.9 Å². The maximum Gasteiger partial charge on any atom is 0.387 e. The number of benzene rings is 3. The minimum atomic E-state index is -4.46. The van der Waals surface area contributed by atoms with Crippen LogP contribution in [0.15, 0.2) is 90.1 Å². The predicted molar refractivity (Wildman–Crippen MR) is 204 cm³/mol. The molecular formula is C40H39Cl2F2N3O9S. The average molecular weight is 847 g/mol. The van der Waals surface area contributed by atoms with Crippen LogP contribution in [-0.4, -0.2) is 64.2 Å². The molecule has 0 spiro atoms. The summed E-state index contributed by atoms with van der Waals surface area (Å²) in [6, 6.07) is 16.1. The summed E-state index contributed by atoms with van der Waals surface area (Å²) < 4.78 is 79.8. The van der Waals surface area contributed by atoms with E-state index in [0.717, 1.165) is 57.2 Å². The van der Waals surface area contributed by atoms with E-state index < -0.39 is 40.7 Å². The lowest BCUT2D eigenvalue weighted by atomic mass is 9.86. The fourth-order valence-corrected chi connectivity index (χ4v) is 8.85. The molecule has 1 aromatic heterocycles. The van der Waals surface area contributed by atoms with Crippen molar-refractivity contribution in [2.45, 2.75) is 61.9 Å². The molecule has 4 aliphatic rings. The number of hydrogen-bond donors (Lipinski definition) is 1. The third-order valence-corrected chi connectivity index (χ3v) is 12.4. The first-order valence-electron chi connectivity index (χ1n) is 18.4. The molecule has 57 heavy (non-hydrogen) atoms. The van der Waals surface area contributed by atoms with Crippen molar-refractivity contribution in [3.05, 3.63) is 123 Å². The number of carbonyl (C=O) groups excluding carboxylic acids is 2. The van der Waals surface area contributed by atoms with Gasteiger partial charge in [0.25, 0.3) is 0 Å². The third-order valence-electron chi connectivity index (χ3n) is 10.3. The summed E-state index contributed by atoms with van der Waals surface area (Å²) in [5.74, 6) is -1.49. The zero-order valence-corrected chi connectivity index (χ0v) is 32.7. The van der Waals surface area contributed by atoms with Crippen LogP contribution in [0.25, 0.3) is 0 Å². The fourth-order valence-electron chi connectivity index (χ4n) is 7.03. The van der Waals surface area contributed by atoms with Gasteiger partial charge >= 0.3 is 18.6 Å². The molecule has 4 fully saturated rings. The molecule has 8 rings (SSSR count). The summed E-state index contributed by atoms with van der Waals surface area (Å²) in [6.07, 6.45) is 4.03. The number of halogens is 4. The minimum absolute atomic E-state index is 0.0115. The highest BCUT2D eigenvalue weighted by molar-refractivity contribution is 7.89. The Morgan fingerprint density at radius 2 is 1.63 bits per heavy atom. The lowest BCUT2D eigenvalue weighted by molar-refractivity contribution is -0.605. The summed E-state index contributed by atoms with van der Waals surface area (Å²) in [4.78, 5) is 29.5. The van der Waals surface area contributed by atoms with Crippen molar-refractivity contribution in [3.8, 4) is 11.5 Å². The highest BCUT2D eigenvalue weighted by Gasteiger charge is 2.39. The van der Waals surface area contributed by atoms with E-state index in [2.05, 4.69) is 14.4 Å². The molecule has 2 bridgehead atoms. The molecule has 12 nitrogen and oxygen atoms in total. The number of nitrogens with zero attached hydrogens (tertiary/aromatic N) is 2. The van der Waals surface area contributed by atoms with Gasteiger partial charge in [0, 0.05) is 18.5 Å². The number of carbonyl (C=O) groups is 2. The summed E-state index contributed by atoms with van der Waals surface area (Å²) in [7, 11) is -4.46. The third kappa shape index (κ3) is 10.1. The quantitative estimate of drug-likeness (QED) is 0.0725. The number of sulfonamides is 1. The zero-order chi connectivity index (χ0) is 40.3. The number of nitrogens with one attached hydrogen (secondary N) is 1. The van der Waals surface area contributed by atoms with E-state index in [1.165, 1.54) is 36.4 Å². The Labute approximate surface area is 338 Å². The van der Waals surface area contributed by atoms with Gasteiger partial charge in [0.05, 0.1) is 17.1 Å². The molecule has 3 saturated heterocycles. The number of ether oxygens (including phenoxy) is 4.